The van der Waals surface area contributed by atoms with E-state index in [4.69, 9.17) is 9.84 Å². The summed E-state index contributed by atoms with van der Waals surface area (Å²) >= 11 is 0. The van der Waals surface area contributed by atoms with Crippen LogP contribution in [0, 0.1) is 0 Å². The van der Waals surface area contributed by atoms with Gasteiger partial charge in [0.05, 0.1) is 0 Å². The number of rotatable bonds is 2. The predicted molar refractivity (Wildman–Crippen MR) is 40.9 cm³/mol. The highest BCUT2D eigenvalue weighted by Gasteiger charge is 2.32. The fourth-order valence-corrected chi connectivity index (χ4v) is 1.39. The fraction of sp³-hybridized carbons (Fsp3) is 0.571. The van der Waals surface area contributed by atoms with Crippen LogP contribution in [0.4, 0.5) is 0 Å². The van der Waals surface area contributed by atoms with Gasteiger partial charge < -0.3 is 9.84 Å². The van der Waals surface area contributed by atoms with Gasteiger partial charge in [0, 0.05) is 0 Å². The van der Waals surface area contributed by atoms with Gasteiger partial charge in [-0.3, -0.25) is 5.10 Å². The topological polar surface area (TPSA) is 88.1 Å². The number of carbonyl (C=O) groups is 1. The average Bonchev–Trinajstić information content (AvgIpc) is 2.75. The third kappa shape index (κ3) is 1.52. The molecule has 0 aliphatic carbocycles. The van der Waals surface area contributed by atoms with Crippen molar-refractivity contribution in [1.29, 1.82) is 0 Å². The molecule has 1 aromatic rings. The zero-order chi connectivity index (χ0) is 9.26. The summed E-state index contributed by atoms with van der Waals surface area (Å²) in [4.78, 5) is 14.5. The Morgan fingerprint density at radius 3 is 3.08 bits per heavy atom. The third-order valence-electron chi connectivity index (χ3n) is 2.03. The number of aliphatic carboxylic acids is 1. The molecule has 2 rings (SSSR count). The number of aromatic nitrogens is 3. The third-order valence-corrected chi connectivity index (χ3v) is 2.03. The Morgan fingerprint density at radius 2 is 2.54 bits per heavy atom. The van der Waals surface area contributed by atoms with Gasteiger partial charge in [-0.15, -0.1) is 0 Å². The lowest BCUT2D eigenvalue weighted by Gasteiger charge is -2.06. The van der Waals surface area contributed by atoms with E-state index < -0.39 is 12.1 Å². The van der Waals surface area contributed by atoms with Gasteiger partial charge in [0.2, 0.25) is 0 Å². The molecule has 0 spiro atoms. The first-order valence-corrected chi connectivity index (χ1v) is 4.01. The van der Waals surface area contributed by atoms with Gasteiger partial charge in [-0.2, -0.15) is 5.10 Å². The van der Waals surface area contributed by atoms with Crippen molar-refractivity contribution < 1.29 is 14.6 Å². The summed E-state index contributed by atoms with van der Waals surface area (Å²) in [6.07, 6.45) is 1.64. The maximum Gasteiger partial charge on any atom is 0.332 e. The van der Waals surface area contributed by atoms with E-state index in [1.807, 2.05) is 0 Å². The van der Waals surface area contributed by atoms with Crippen LogP contribution in [0.15, 0.2) is 6.33 Å². The van der Waals surface area contributed by atoms with Crippen LogP contribution >= 0.6 is 0 Å². The van der Waals surface area contributed by atoms with Crippen LogP contribution in [0.3, 0.4) is 0 Å². The van der Waals surface area contributed by atoms with E-state index in [0.29, 0.717) is 18.7 Å². The second-order valence-corrected chi connectivity index (χ2v) is 2.90. The number of H-pyrrole nitrogens is 1. The van der Waals surface area contributed by atoms with Crippen molar-refractivity contribution in [3.8, 4) is 0 Å². The molecule has 1 fully saturated rings. The molecular formula is C7H9N3O3. The Bertz CT molecular complexity index is 298. The second-order valence-electron chi connectivity index (χ2n) is 2.90. The molecule has 0 aromatic carbocycles. The Morgan fingerprint density at radius 1 is 1.69 bits per heavy atom. The van der Waals surface area contributed by atoms with Crippen LogP contribution in [0.5, 0.6) is 0 Å². The minimum atomic E-state index is -0.915. The van der Waals surface area contributed by atoms with Gasteiger partial charge in [-0.1, -0.05) is 0 Å². The molecule has 13 heavy (non-hydrogen) atoms. The average molecular weight is 183 g/mol. The predicted octanol–water partition coefficient (Wildman–Crippen LogP) is 0.109. The van der Waals surface area contributed by atoms with Gasteiger partial charge in [0.25, 0.3) is 0 Å². The first-order valence-electron chi connectivity index (χ1n) is 4.01. The molecule has 0 amide bonds. The molecule has 1 aliphatic heterocycles. The molecule has 0 bridgehead atoms. The molecule has 1 aliphatic rings. The van der Waals surface area contributed by atoms with E-state index in [0.717, 1.165) is 0 Å². The second kappa shape index (κ2) is 3.14. The highest BCUT2D eigenvalue weighted by molar-refractivity contribution is 5.72. The SMILES string of the molecule is O=C(O)C1CCC(c2ncn[nH]2)O1. The maximum atomic E-state index is 10.5. The van der Waals surface area contributed by atoms with Crippen LogP contribution in [-0.2, 0) is 9.53 Å². The Kier molecular flexibility index (Phi) is 1.97. The van der Waals surface area contributed by atoms with E-state index >= 15 is 0 Å². The summed E-state index contributed by atoms with van der Waals surface area (Å²) in [5.41, 5.74) is 0. The van der Waals surface area contributed by atoms with Crippen LogP contribution in [0.2, 0.25) is 0 Å². The van der Waals surface area contributed by atoms with Crippen LogP contribution in [0.1, 0.15) is 24.8 Å². The van der Waals surface area contributed by atoms with Crippen molar-refractivity contribution in [2.24, 2.45) is 0 Å². The molecule has 0 radical (unpaired) electrons. The number of ether oxygens (including phenoxy) is 1. The normalized spacial score (nSPS) is 27.7. The van der Waals surface area contributed by atoms with Crippen molar-refractivity contribution in [1.82, 2.24) is 15.2 Å². The first kappa shape index (κ1) is 8.18. The summed E-state index contributed by atoms with van der Waals surface area (Å²) in [5, 5.41) is 15.0. The number of carboxylic acids is 1. The van der Waals surface area contributed by atoms with Gasteiger partial charge in [0.1, 0.15) is 12.4 Å². The monoisotopic (exact) mass is 183 g/mol. The lowest BCUT2D eigenvalue weighted by atomic mass is 10.2. The largest absolute Gasteiger partial charge is 0.479 e. The molecule has 2 heterocycles. The summed E-state index contributed by atoms with van der Waals surface area (Å²) in [6, 6.07) is 0. The van der Waals surface area contributed by atoms with Crippen LogP contribution < -0.4 is 0 Å². The van der Waals surface area contributed by atoms with Gasteiger partial charge in [-0.25, -0.2) is 9.78 Å². The number of nitrogens with zero attached hydrogens (tertiary/aromatic N) is 2. The molecule has 1 saturated heterocycles. The lowest BCUT2D eigenvalue weighted by Crippen LogP contribution is -2.18. The summed E-state index contributed by atoms with van der Waals surface area (Å²) < 4.78 is 5.23. The standard InChI is InChI=1S/C7H9N3O3/c11-7(12)5-2-1-4(13-5)6-8-3-9-10-6/h3-5H,1-2H2,(H,11,12)(H,8,9,10). The zero-order valence-electron chi connectivity index (χ0n) is 6.80. The fourth-order valence-electron chi connectivity index (χ4n) is 1.39. The molecule has 2 atom stereocenters. The van der Waals surface area contributed by atoms with E-state index in [-0.39, 0.29) is 6.10 Å². The molecule has 2 N–H and O–H groups in total. The molecule has 0 saturated carbocycles. The van der Waals surface area contributed by atoms with Crippen molar-refractivity contribution in [3.05, 3.63) is 12.2 Å². The highest BCUT2D eigenvalue weighted by atomic mass is 16.5. The molecule has 6 heteroatoms. The Labute approximate surface area is 73.9 Å². The van der Waals surface area contributed by atoms with Crippen molar-refractivity contribution in [2.75, 3.05) is 0 Å². The lowest BCUT2D eigenvalue weighted by molar-refractivity contribution is -0.149. The summed E-state index contributed by atoms with van der Waals surface area (Å²) in [7, 11) is 0. The molecule has 2 unspecified atom stereocenters. The van der Waals surface area contributed by atoms with Crippen molar-refractivity contribution >= 4 is 5.97 Å². The number of carboxylic acid groups (broad SMARTS) is 1. The van der Waals surface area contributed by atoms with E-state index in [1.165, 1.54) is 6.33 Å². The molecule has 1 aromatic heterocycles. The molecule has 70 valence electrons. The van der Waals surface area contributed by atoms with Gasteiger partial charge in [-0.05, 0) is 12.8 Å². The highest BCUT2D eigenvalue weighted by Crippen LogP contribution is 2.30. The van der Waals surface area contributed by atoms with Crippen molar-refractivity contribution in [2.45, 2.75) is 25.0 Å². The summed E-state index contributed by atoms with van der Waals surface area (Å²) in [5.74, 6) is -0.314. The quantitative estimate of drug-likeness (QED) is 0.679. The van der Waals surface area contributed by atoms with Crippen molar-refractivity contribution in [3.63, 3.8) is 0 Å². The maximum absolute atomic E-state index is 10.5. The Balaban J connectivity index is 2.03. The zero-order valence-corrected chi connectivity index (χ0v) is 6.80. The molecular weight excluding hydrogens is 174 g/mol. The number of nitrogens with one attached hydrogen (secondary N) is 1. The summed E-state index contributed by atoms with van der Waals surface area (Å²) in [6.45, 7) is 0. The molecule has 6 nitrogen and oxygen atoms in total. The number of hydrogen-bond acceptors (Lipinski definition) is 4. The minimum Gasteiger partial charge on any atom is -0.479 e. The van der Waals surface area contributed by atoms with E-state index in [1.54, 1.807) is 0 Å². The van der Waals surface area contributed by atoms with Gasteiger partial charge in [0.15, 0.2) is 11.9 Å². The van der Waals surface area contributed by atoms with Gasteiger partial charge >= 0.3 is 5.97 Å². The van der Waals surface area contributed by atoms with E-state index in [2.05, 4.69) is 15.2 Å². The smallest absolute Gasteiger partial charge is 0.332 e. The van der Waals surface area contributed by atoms with E-state index in [9.17, 15) is 4.79 Å². The number of hydrogen-bond donors (Lipinski definition) is 2. The Hall–Kier alpha value is -1.43. The number of aromatic amines is 1. The van der Waals surface area contributed by atoms with Crippen LogP contribution in [0.25, 0.3) is 0 Å². The first-order chi connectivity index (χ1) is 6.27. The minimum absolute atomic E-state index is 0.247. The van der Waals surface area contributed by atoms with Crippen LogP contribution in [-0.4, -0.2) is 32.4 Å².